The summed E-state index contributed by atoms with van der Waals surface area (Å²) in [7, 11) is 0. The number of nitrogens with one attached hydrogen (secondary N) is 1. The highest BCUT2D eigenvalue weighted by Crippen LogP contribution is 2.46. The highest BCUT2D eigenvalue weighted by molar-refractivity contribution is 5.80. The zero-order valence-corrected chi connectivity index (χ0v) is 31.7. The van der Waals surface area contributed by atoms with E-state index >= 15 is 0 Å². The van der Waals surface area contributed by atoms with E-state index in [1.807, 2.05) is 48.8 Å². The molecule has 2 aromatic carbocycles. The van der Waals surface area contributed by atoms with Gasteiger partial charge in [-0.25, -0.2) is 19.2 Å². The Labute approximate surface area is 323 Å². The van der Waals surface area contributed by atoms with Gasteiger partial charge in [0.25, 0.3) is 0 Å². The van der Waals surface area contributed by atoms with Gasteiger partial charge in [0.2, 0.25) is 0 Å². The van der Waals surface area contributed by atoms with Gasteiger partial charge in [0, 0.05) is 67.2 Å². The van der Waals surface area contributed by atoms with Gasteiger partial charge in [-0.1, -0.05) is 0 Å². The van der Waals surface area contributed by atoms with Gasteiger partial charge >= 0.3 is 0 Å². The predicted octanol–water partition coefficient (Wildman–Crippen LogP) is 5.10. The fourth-order valence-corrected chi connectivity index (χ4v) is 8.97. The summed E-state index contributed by atoms with van der Waals surface area (Å²) in [5.41, 5.74) is 22.2. The first-order valence-electron chi connectivity index (χ1n) is 20.1. The van der Waals surface area contributed by atoms with E-state index in [1.54, 1.807) is 0 Å². The number of azo groups is 1. The molecule has 1 atom stereocenters. The molecule has 9 rings (SSSR count). The third-order valence-electron chi connectivity index (χ3n) is 11.6. The molecular weight excluding hydrogens is 691 g/mol. The maximum atomic E-state index is 11.0. The molecule has 4 aromatic rings. The number of pyridine rings is 2. The number of aromatic hydroxyl groups is 1. The predicted molar refractivity (Wildman–Crippen MR) is 215 cm³/mol. The second-order valence-corrected chi connectivity index (χ2v) is 15.3. The van der Waals surface area contributed by atoms with Gasteiger partial charge in [-0.3, -0.25) is 0 Å². The first kappa shape index (κ1) is 36.4. The Morgan fingerprint density at radius 2 is 1.44 bits per heavy atom. The average molecular weight is 745 g/mol. The first-order chi connectivity index (χ1) is 26.9. The van der Waals surface area contributed by atoms with E-state index in [0.717, 1.165) is 133 Å². The second kappa shape index (κ2) is 16.4. The fourth-order valence-electron chi connectivity index (χ4n) is 8.97. The van der Waals surface area contributed by atoms with E-state index < -0.39 is 0 Å². The minimum absolute atomic E-state index is 0.300. The van der Waals surface area contributed by atoms with Gasteiger partial charge in [-0.15, -0.1) is 15.1 Å². The van der Waals surface area contributed by atoms with Crippen molar-refractivity contribution in [1.29, 1.82) is 0 Å². The van der Waals surface area contributed by atoms with Crippen LogP contribution in [0, 0.1) is 4.91 Å². The Balaban J connectivity index is 0.000000221. The third kappa shape index (κ3) is 7.98. The van der Waals surface area contributed by atoms with Crippen LogP contribution < -0.4 is 35.4 Å². The number of aromatic nitrogens is 2. The molecular formula is C42H54N11O2+3. The Kier molecular flexibility index (Phi) is 10.9. The molecule has 0 saturated heterocycles. The van der Waals surface area contributed by atoms with Crippen molar-refractivity contribution in [3.05, 3.63) is 101 Å². The van der Waals surface area contributed by atoms with Crippen molar-refractivity contribution >= 4 is 39.8 Å². The standard InChI is InChI=1S/C30H37N8O.C12H15N3O/c31-25-8-2-11-34(22-25)13-5-17-37-19-20-38(37)18-6-14-35-12-3-9-26(23-35)32-33-28-21-24-7-1-15-36-16-4-10-27(29(24)36)30(28)39;13-10-7-8-3-1-5-15-6-2-4-9(12(8)15)11(10)14-16/h2-3,8-9,11-12,19-23H,1,4-7,10,13-18,31H2;7H,1-6,13H2/q+1;/p+2. The van der Waals surface area contributed by atoms with E-state index in [9.17, 15) is 10.0 Å². The topological polar surface area (TPSA) is 148 Å². The maximum absolute atomic E-state index is 11.0. The smallest absolute Gasteiger partial charge is 0.196 e. The van der Waals surface area contributed by atoms with E-state index in [0.29, 0.717) is 22.8 Å². The van der Waals surface area contributed by atoms with E-state index in [-0.39, 0.29) is 0 Å². The van der Waals surface area contributed by atoms with Crippen LogP contribution in [0.1, 0.15) is 60.8 Å². The zero-order valence-electron chi connectivity index (χ0n) is 31.7. The molecule has 0 aliphatic carbocycles. The summed E-state index contributed by atoms with van der Waals surface area (Å²) in [6.45, 7) is 8.31. The largest absolute Gasteiger partial charge is 0.505 e. The van der Waals surface area contributed by atoms with Crippen LogP contribution in [-0.4, -0.2) is 49.4 Å². The molecule has 0 spiro atoms. The number of phenolic OH excluding ortho intramolecular Hbond substituents is 1. The number of nitroso groups, excluding NO2 is 1. The van der Waals surface area contributed by atoms with E-state index in [4.69, 9.17) is 11.5 Å². The SMILES string of the molecule is Nc1cc2c3c(c1N=O)CCCN3CCC2.Nc1ccc[n+](CCCN2C=C[NH+]2CCC[n+]2cccc(N=Nc3cc4c5c(c3O)CCCN5CCC4)c2)c1. The molecule has 0 saturated carbocycles. The lowest BCUT2D eigenvalue weighted by Crippen LogP contribution is -3.17. The Bertz CT molecular complexity index is 2100. The molecule has 286 valence electrons. The fraction of sp³-hybridized carbons (Fsp3) is 0.429. The number of nitrogens with two attached hydrogens (primary N) is 2. The molecule has 5 aliphatic heterocycles. The quantitative estimate of drug-likeness (QED) is 0.0724. The summed E-state index contributed by atoms with van der Waals surface area (Å²) in [5.74, 6) is 0.300. The van der Waals surface area contributed by atoms with Gasteiger partial charge in [-0.05, 0) is 91.9 Å². The van der Waals surface area contributed by atoms with Crippen molar-refractivity contribution in [2.75, 3.05) is 60.5 Å². The lowest BCUT2D eigenvalue weighted by atomic mass is 9.90. The molecule has 55 heavy (non-hydrogen) atoms. The molecule has 5 aliphatic rings. The number of nitrogen functional groups attached to an aromatic ring is 2. The van der Waals surface area contributed by atoms with Crippen molar-refractivity contribution in [3.63, 3.8) is 0 Å². The molecule has 13 nitrogen and oxygen atoms in total. The summed E-state index contributed by atoms with van der Waals surface area (Å²) in [5, 5.41) is 26.8. The van der Waals surface area contributed by atoms with Crippen molar-refractivity contribution in [2.24, 2.45) is 15.4 Å². The molecule has 1 unspecified atom stereocenters. The molecule has 13 heteroatoms. The van der Waals surface area contributed by atoms with Crippen LogP contribution in [0.4, 0.5) is 39.8 Å². The summed E-state index contributed by atoms with van der Waals surface area (Å²) >= 11 is 0. The number of quaternary nitrogens is 1. The van der Waals surface area contributed by atoms with Gasteiger partial charge in [0.1, 0.15) is 48.3 Å². The maximum Gasteiger partial charge on any atom is 0.196 e. The van der Waals surface area contributed by atoms with Crippen LogP contribution in [0.2, 0.25) is 0 Å². The lowest BCUT2D eigenvalue weighted by molar-refractivity contribution is -0.986. The van der Waals surface area contributed by atoms with E-state index in [2.05, 4.69) is 64.1 Å². The number of hydrogen-bond donors (Lipinski definition) is 4. The monoisotopic (exact) mass is 744 g/mol. The van der Waals surface area contributed by atoms with Crippen molar-refractivity contribution in [2.45, 2.75) is 77.3 Å². The lowest BCUT2D eigenvalue weighted by Gasteiger charge is -2.37. The summed E-state index contributed by atoms with van der Waals surface area (Å²) in [4.78, 5) is 15.7. The van der Waals surface area contributed by atoms with E-state index in [1.165, 1.54) is 33.9 Å². The number of hydrogen-bond acceptors (Lipinski definition) is 10. The summed E-state index contributed by atoms with van der Waals surface area (Å²) in [6.07, 6.45) is 23.2. The normalized spacial score (nSPS) is 18.0. The van der Waals surface area contributed by atoms with Crippen LogP contribution in [-0.2, 0) is 38.8 Å². The van der Waals surface area contributed by atoms with Crippen LogP contribution in [0.5, 0.6) is 5.75 Å². The number of phenols is 1. The van der Waals surface area contributed by atoms with Crippen LogP contribution >= 0.6 is 0 Å². The van der Waals surface area contributed by atoms with Gasteiger partial charge in [-0.2, -0.15) is 0 Å². The minimum atomic E-state index is 0.300. The van der Waals surface area contributed by atoms with Crippen molar-refractivity contribution in [3.8, 4) is 5.75 Å². The molecule has 0 fully saturated rings. The van der Waals surface area contributed by atoms with Gasteiger partial charge in [0.05, 0.1) is 24.3 Å². The number of benzene rings is 2. The highest BCUT2D eigenvalue weighted by Gasteiger charge is 2.29. The van der Waals surface area contributed by atoms with Crippen LogP contribution in [0.25, 0.3) is 0 Å². The van der Waals surface area contributed by atoms with Crippen molar-refractivity contribution in [1.82, 2.24) is 5.01 Å². The molecule has 6 N–H and O–H groups in total. The zero-order chi connectivity index (χ0) is 37.7. The highest BCUT2D eigenvalue weighted by atomic mass is 16.3. The Morgan fingerprint density at radius 1 is 0.782 bits per heavy atom. The number of anilines is 4. The molecule has 2 aromatic heterocycles. The Hall–Kier alpha value is -5.56. The molecule has 0 amide bonds. The molecule has 0 radical (unpaired) electrons. The average Bonchev–Trinajstić information content (AvgIpc) is 3.19. The second-order valence-electron chi connectivity index (χ2n) is 15.3. The minimum Gasteiger partial charge on any atom is -0.505 e. The Morgan fingerprint density at radius 3 is 2.15 bits per heavy atom. The first-order valence-corrected chi connectivity index (χ1v) is 20.1. The third-order valence-corrected chi connectivity index (χ3v) is 11.6. The summed E-state index contributed by atoms with van der Waals surface area (Å²) in [6, 6.07) is 11.9. The molecule has 0 bridgehead atoms. The molecule has 7 heterocycles. The van der Waals surface area contributed by atoms with Gasteiger partial charge in [0.15, 0.2) is 31.3 Å². The van der Waals surface area contributed by atoms with Gasteiger partial charge < -0.3 is 26.4 Å². The van der Waals surface area contributed by atoms with Crippen LogP contribution in [0.3, 0.4) is 0 Å². The summed E-state index contributed by atoms with van der Waals surface area (Å²) < 4.78 is 4.32. The van der Waals surface area contributed by atoms with Crippen LogP contribution in [0.15, 0.2) is 89.0 Å². The van der Waals surface area contributed by atoms with Crippen molar-refractivity contribution < 1.29 is 19.2 Å². The number of aryl methyl sites for hydroxylation is 4. The number of rotatable bonds is 11. The number of nitrogens with zero attached hydrogens (tertiary/aromatic N) is 8.